The maximum Gasteiger partial charge on any atom is 0.172 e. The van der Waals surface area contributed by atoms with Crippen molar-refractivity contribution < 1.29 is 14.6 Å². The highest BCUT2D eigenvalue weighted by atomic mass is 79.9. The van der Waals surface area contributed by atoms with E-state index in [9.17, 15) is 5.11 Å². The van der Waals surface area contributed by atoms with E-state index in [0.717, 1.165) is 51.7 Å². The lowest BCUT2D eigenvalue weighted by molar-refractivity contribution is -0.164. The van der Waals surface area contributed by atoms with Gasteiger partial charge in [0.15, 0.2) is 5.79 Å². The van der Waals surface area contributed by atoms with Crippen molar-refractivity contribution in [3.05, 3.63) is 33.9 Å². The quantitative estimate of drug-likeness (QED) is 0.647. The summed E-state index contributed by atoms with van der Waals surface area (Å²) in [6.45, 7) is 3.80. The van der Waals surface area contributed by atoms with Gasteiger partial charge in [-0.1, -0.05) is 34.5 Å². The lowest BCUT2D eigenvalue weighted by atomic mass is 9.56. The van der Waals surface area contributed by atoms with Crippen molar-refractivity contribution in [1.82, 2.24) is 0 Å². The fourth-order valence-corrected chi connectivity index (χ4v) is 7.16. The van der Waals surface area contributed by atoms with Crippen LogP contribution in [0.25, 0.3) is 0 Å². The molecule has 3 nitrogen and oxygen atoms in total. The second-order valence-corrected chi connectivity index (χ2v) is 9.68. The van der Waals surface area contributed by atoms with Gasteiger partial charge in [0.25, 0.3) is 0 Å². The second-order valence-electron chi connectivity index (χ2n) is 9.15. The van der Waals surface area contributed by atoms with Gasteiger partial charge in [-0.05, 0) is 72.6 Å². The van der Waals surface area contributed by atoms with Crippen LogP contribution in [-0.2, 0) is 9.47 Å². The number of ether oxygens (including phenoxy) is 2. The first kappa shape index (κ1) is 17.7. The summed E-state index contributed by atoms with van der Waals surface area (Å²) in [7, 11) is 0. The van der Waals surface area contributed by atoms with Crippen LogP contribution >= 0.6 is 15.9 Å². The van der Waals surface area contributed by atoms with Gasteiger partial charge in [0.05, 0.1) is 18.8 Å². The third kappa shape index (κ3) is 2.35. The van der Waals surface area contributed by atoms with Gasteiger partial charge in [0, 0.05) is 18.3 Å². The average molecular weight is 421 g/mol. The number of halogens is 1. The summed E-state index contributed by atoms with van der Waals surface area (Å²) in [4.78, 5) is 1.85. The maximum absolute atomic E-state index is 11.3. The van der Waals surface area contributed by atoms with E-state index in [1.165, 1.54) is 12.8 Å². The Balaban J connectivity index is 1.48. The zero-order chi connectivity index (χ0) is 18.0. The topological polar surface area (TPSA) is 38.7 Å². The molecule has 5 rings (SSSR count). The fraction of sp³-hybridized carbons (Fsp3) is 0.727. The van der Waals surface area contributed by atoms with Crippen molar-refractivity contribution in [3.63, 3.8) is 0 Å². The highest BCUT2D eigenvalue weighted by Crippen LogP contribution is 2.63. The molecule has 1 heterocycles. The molecule has 2 fully saturated rings. The van der Waals surface area contributed by atoms with E-state index in [2.05, 4.69) is 28.9 Å². The minimum absolute atomic E-state index is 0.0446. The Morgan fingerprint density at radius 3 is 2.77 bits per heavy atom. The Kier molecular flexibility index (Phi) is 4.10. The van der Waals surface area contributed by atoms with Gasteiger partial charge in [0.1, 0.15) is 0 Å². The van der Waals surface area contributed by atoms with E-state index in [1.54, 1.807) is 16.7 Å². The molecule has 0 amide bonds. The Morgan fingerprint density at radius 1 is 1.19 bits per heavy atom. The number of aliphatic hydroxyl groups is 1. The van der Waals surface area contributed by atoms with Crippen molar-refractivity contribution in [3.8, 4) is 0 Å². The fourth-order valence-electron chi connectivity index (χ4n) is 6.72. The third-order valence-electron chi connectivity index (χ3n) is 8.20. The molecule has 26 heavy (non-hydrogen) atoms. The largest absolute Gasteiger partial charge is 0.385 e. The Morgan fingerprint density at radius 2 is 2.00 bits per heavy atom. The summed E-state index contributed by atoms with van der Waals surface area (Å²) >= 11 is 3.39. The highest BCUT2D eigenvalue weighted by Gasteiger charge is 2.59. The van der Waals surface area contributed by atoms with Crippen molar-refractivity contribution in [2.75, 3.05) is 13.2 Å². The molecule has 0 aromatic carbocycles. The number of hydrogen-bond donors (Lipinski definition) is 1. The molecule has 1 saturated heterocycles. The monoisotopic (exact) mass is 420 g/mol. The number of hydrogen-bond acceptors (Lipinski definition) is 3. The molecule has 142 valence electrons. The average Bonchev–Trinajstić information content (AvgIpc) is 3.18. The van der Waals surface area contributed by atoms with Gasteiger partial charge >= 0.3 is 0 Å². The molecular formula is C22H29BrO3. The Hall–Kier alpha value is -0.420. The van der Waals surface area contributed by atoms with Gasteiger partial charge in [-0.2, -0.15) is 0 Å². The molecule has 1 N–H and O–H groups in total. The predicted molar refractivity (Wildman–Crippen MR) is 105 cm³/mol. The predicted octanol–water partition coefficient (Wildman–Crippen LogP) is 5.01. The molecule has 1 saturated carbocycles. The molecule has 0 aromatic heterocycles. The van der Waals surface area contributed by atoms with Crippen molar-refractivity contribution in [2.45, 2.75) is 69.7 Å². The summed E-state index contributed by atoms with van der Waals surface area (Å²) in [6.07, 6.45) is 12.9. The molecule has 0 bridgehead atoms. The molecule has 5 aliphatic rings. The first-order chi connectivity index (χ1) is 12.5. The summed E-state index contributed by atoms with van der Waals surface area (Å²) in [5.74, 6) is 0.883. The van der Waals surface area contributed by atoms with Crippen LogP contribution < -0.4 is 0 Å². The van der Waals surface area contributed by atoms with Gasteiger partial charge in [-0.15, -0.1) is 0 Å². The van der Waals surface area contributed by atoms with Crippen LogP contribution in [0.3, 0.4) is 0 Å². The molecule has 1 aliphatic heterocycles. The molecule has 0 radical (unpaired) electrons. The molecule has 4 atom stereocenters. The first-order valence-corrected chi connectivity index (χ1v) is 11.1. The van der Waals surface area contributed by atoms with E-state index in [1.807, 2.05) is 11.1 Å². The zero-order valence-electron chi connectivity index (χ0n) is 15.6. The SMILES string of the molecule is C[C@]12CC=C3C4=C(CC[C@H]3[C@@H]1CC[C@@]2(O)/C=C\Br)CC1(CC4)OCCO1. The lowest BCUT2D eigenvalue weighted by Crippen LogP contribution is -2.48. The lowest BCUT2D eigenvalue weighted by Gasteiger charge is -2.50. The standard InChI is InChI=1S/C22H29BrO3/c1-20-7-4-17-16-5-9-22(25-12-13-26-22)14-15(16)2-3-18(17)19(20)6-8-21(20,24)10-11-23/h4,10-11,18-19,24H,2-3,5-9,12-14H2,1H3/b11-10-/t18-,19+,20+,21-/m1/s1. The van der Waals surface area contributed by atoms with Crippen LogP contribution in [0.15, 0.2) is 33.9 Å². The van der Waals surface area contributed by atoms with Crippen molar-refractivity contribution in [1.29, 1.82) is 0 Å². The van der Waals surface area contributed by atoms with Crippen molar-refractivity contribution >= 4 is 15.9 Å². The Labute approximate surface area is 164 Å². The van der Waals surface area contributed by atoms with Crippen LogP contribution in [0, 0.1) is 17.3 Å². The number of rotatable bonds is 1. The molecule has 4 heteroatoms. The molecular weight excluding hydrogens is 392 g/mol. The summed E-state index contributed by atoms with van der Waals surface area (Å²) in [5, 5.41) is 11.3. The normalized spacial score (nSPS) is 44.2. The smallest absolute Gasteiger partial charge is 0.172 e. The van der Waals surface area contributed by atoms with Gasteiger partial charge in [-0.25, -0.2) is 0 Å². The molecule has 0 aromatic rings. The maximum atomic E-state index is 11.3. The van der Waals surface area contributed by atoms with E-state index in [0.29, 0.717) is 11.8 Å². The summed E-state index contributed by atoms with van der Waals surface area (Å²) in [6, 6.07) is 0. The third-order valence-corrected chi connectivity index (χ3v) is 8.46. The highest BCUT2D eigenvalue weighted by molar-refractivity contribution is 9.11. The summed E-state index contributed by atoms with van der Waals surface area (Å²) in [5.41, 5.74) is 4.07. The minimum atomic E-state index is -0.681. The number of allylic oxidation sites excluding steroid dienone is 3. The van der Waals surface area contributed by atoms with Crippen LogP contribution in [0.1, 0.15) is 58.3 Å². The minimum Gasteiger partial charge on any atom is -0.385 e. The van der Waals surface area contributed by atoms with Crippen LogP contribution in [0.5, 0.6) is 0 Å². The summed E-state index contributed by atoms with van der Waals surface area (Å²) < 4.78 is 12.0. The van der Waals surface area contributed by atoms with Crippen LogP contribution in [0.4, 0.5) is 0 Å². The van der Waals surface area contributed by atoms with E-state index < -0.39 is 5.60 Å². The van der Waals surface area contributed by atoms with E-state index in [4.69, 9.17) is 9.47 Å². The van der Waals surface area contributed by atoms with Crippen LogP contribution in [-0.4, -0.2) is 29.7 Å². The molecule has 4 aliphatic carbocycles. The van der Waals surface area contributed by atoms with Gasteiger partial charge in [0.2, 0.25) is 0 Å². The van der Waals surface area contributed by atoms with Gasteiger partial charge in [-0.3, -0.25) is 0 Å². The zero-order valence-corrected chi connectivity index (χ0v) is 17.2. The number of fused-ring (bicyclic) bond motifs is 4. The van der Waals surface area contributed by atoms with Crippen LogP contribution in [0.2, 0.25) is 0 Å². The van der Waals surface area contributed by atoms with E-state index >= 15 is 0 Å². The van der Waals surface area contributed by atoms with E-state index in [-0.39, 0.29) is 11.2 Å². The Bertz CT molecular complexity index is 702. The second kappa shape index (κ2) is 6.04. The molecule has 0 unspecified atom stereocenters. The molecule has 1 spiro atoms. The first-order valence-electron chi connectivity index (χ1n) is 10.2. The van der Waals surface area contributed by atoms with Gasteiger partial charge < -0.3 is 14.6 Å². The van der Waals surface area contributed by atoms with Crippen molar-refractivity contribution in [2.24, 2.45) is 17.3 Å².